The van der Waals surface area contributed by atoms with Gasteiger partial charge in [-0.15, -0.1) is 0 Å². The Morgan fingerprint density at radius 1 is 0.449 bits per heavy atom. The molecule has 69 heavy (non-hydrogen) atoms. The number of carbonyl (C=O) groups excluding carboxylic acids is 8. The molecule has 6 atom stereocenters. The van der Waals surface area contributed by atoms with E-state index in [1.165, 1.54) is 20.9 Å². The number of fused-ring (bicyclic) bond motifs is 4. The highest BCUT2D eigenvalue weighted by Gasteiger charge is 2.44. The molecule has 0 spiro atoms. The largest absolute Gasteiger partial charge is 0.335 e. The number of Topliss-reactive ketones (excluding diaryl/α,β-unsaturated/α-hetero) is 2. The van der Waals surface area contributed by atoms with Gasteiger partial charge in [0.15, 0.2) is 0 Å². The van der Waals surface area contributed by atoms with E-state index in [0.717, 1.165) is 75.3 Å². The van der Waals surface area contributed by atoms with Crippen LogP contribution in [0.4, 0.5) is 0 Å². The number of imide groups is 2. The molecule has 0 aromatic heterocycles. The van der Waals surface area contributed by atoms with Gasteiger partial charge in [0.25, 0.3) is 23.6 Å². The van der Waals surface area contributed by atoms with Crippen LogP contribution in [-0.4, -0.2) is 92.8 Å². The first-order valence-corrected chi connectivity index (χ1v) is 24.6. The molecule has 0 bridgehead atoms. The van der Waals surface area contributed by atoms with E-state index in [4.69, 9.17) is 0 Å². The van der Waals surface area contributed by atoms with Gasteiger partial charge in [0.05, 0.1) is 34.3 Å². The summed E-state index contributed by atoms with van der Waals surface area (Å²) in [7, 11) is 0. The Kier molecular flexibility index (Phi) is 14.9. The molecule has 2 aliphatic carbocycles. The van der Waals surface area contributed by atoms with E-state index in [1.54, 1.807) is 62.4 Å². The summed E-state index contributed by atoms with van der Waals surface area (Å²) in [5, 5.41) is 0. The first-order chi connectivity index (χ1) is 32.9. The van der Waals surface area contributed by atoms with Gasteiger partial charge < -0.3 is 9.80 Å². The standard InChI is InChI=1S/2C28H30N2O4.CH4/c2*1-18(31)20-9-4-5-11-22(20)26(32)29-16-14-19-8-2-3-10-21(19)25(29)15-17-30-27(33)23-12-6-7-13-24(23)28(30)34;/h2*2-3,6-8,10,12-13,20,22,25H,4-5,9,11,14-17H2,1H3;1H4/t20-,22-,25+;20-,22-,25-;/m11./s1. The van der Waals surface area contributed by atoms with E-state index in [2.05, 4.69) is 12.1 Å². The molecule has 2 saturated carbocycles. The second-order valence-electron chi connectivity index (χ2n) is 19.4. The van der Waals surface area contributed by atoms with Gasteiger partial charge in [-0.05, 0) is 112 Å². The Morgan fingerprint density at radius 2 is 0.754 bits per heavy atom. The maximum absolute atomic E-state index is 13.8. The maximum atomic E-state index is 13.8. The number of hydrogen-bond acceptors (Lipinski definition) is 8. The summed E-state index contributed by atoms with van der Waals surface area (Å²) in [5.41, 5.74) is 6.32. The number of carbonyl (C=O) groups is 8. The van der Waals surface area contributed by atoms with Crippen molar-refractivity contribution in [3.63, 3.8) is 0 Å². The summed E-state index contributed by atoms with van der Waals surface area (Å²) in [6, 6.07) is 29.6. The fraction of sp³-hybridized carbons (Fsp3) is 0.439. The lowest BCUT2D eigenvalue weighted by molar-refractivity contribution is -0.145. The number of amides is 6. The molecule has 360 valence electrons. The zero-order valence-corrected chi connectivity index (χ0v) is 39.1. The topological polar surface area (TPSA) is 150 Å². The van der Waals surface area contributed by atoms with Gasteiger partial charge in [-0.3, -0.25) is 48.2 Å². The summed E-state index contributed by atoms with van der Waals surface area (Å²) >= 11 is 0. The van der Waals surface area contributed by atoms with Crippen molar-refractivity contribution in [3.8, 4) is 0 Å². The van der Waals surface area contributed by atoms with E-state index >= 15 is 0 Å². The molecule has 4 aromatic rings. The minimum Gasteiger partial charge on any atom is -0.335 e. The van der Waals surface area contributed by atoms with Gasteiger partial charge in [0.1, 0.15) is 11.6 Å². The van der Waals surface area contributed by atoms with Crippen molar-refractivity contribution < 1.29 is 38.4 Å². The Labute approximate surface area is 405 Å². The summed E-state index contributed by atoms with van der Waals surface area (Å²) in [6.07, 6.45) is 9.42. The van der Waals surface area contributed by atoms with Gasteiger partial charge in [0, 0.05) is 49.9 Å². The smallest absolute Gasteiger partial charge is 0.261 e. The molecule has 4 heterocycles. The quantitative estimate of drug-likeness (QED) is 0.143. The third-order valence-electron chi connectivity index (χ3n) is 15.6. The van der Waals surface area contributed by atoms with Crippen LogP contribution in [-0.2, 0) is 32.0 Å². The van der Waals surface area contributed by atoms with E-state index in [9.17, 15) is 38.4 Å². The summed E-state index contributed by atoms with van der Waals surface area (Å²) < 4.78 is 0. The Hall–Kier alpha value is -6.56. The van der Waals surface area contributed by atoms with Gasteiger partial charge in [0.2, 0.25) is 11.8 Å². The van der Waals surface area contributed by atoms with Crippen molar-refractivity contribution in [2.45, 2.75) is 110 Å². The van der Waals surface area contributed by atoms with Crippen LogP contribution in [0.3, 0.4) is 0 Å². The van der Waals surface area contributed by atoms with Crippen molar-refractivity contribution in [1.82, 2.24) is 19.6 Å². The van der Waals surface area contributed by atoms with E-state index in [0.29, 0.717) is 48.2 Å². The van der Waals surface area contributed by atoms with Crippen LogP contribution >= 0.6 is 0 Å². The first-order valence-electron chi connectivity index (χ1n) is 24.6. The fourth-order valence-corrected chi connectivity index (χ4v) is 12.1. The molecule has 0 saturated heterocycles. The SMILES string of the molecule is C.CC(=O)[C@H]1CCCC[C@H]1C(=O)N1CCc2ccccc2[C@@H]1CCN1C(=O)c2ccccc2C1=O.CC(=O)[C@H]1CCCC[C@H]1C(=O)N1CCc2ccccc2[C@H]1CCN1C(=O)c2ccccc2C1=O. The molecule has 0 unspecified atom stereocenters. The number of rotatable bonds is 10. The van der Waals surface area contributed by atoms with Crippen LogP contribution < -0.4 is 0 Å². The average molecular weight is 933 g/mol. The van der Waals surface area contributed by atoms with Crippen molar-refractivity contribution >= 4 is 47.0 Å². The predicted octanol–water partition coefficient (Wildman–Crippen LogP) is 9.02. The van der Waals surface area contributed by atoms with Gasteiger partial charge >= 0.3 is 0 Å². The van der Waals surface area contributed by atoms with E-state index in [-0.39, 0.29) is 103 Å². The average Bonchev–Trinajstić information content (AvgIpc) is 3.76. The molecule has 4 aliphatic heterocycles. The number of nitrogens with zero attached hydrogens (tertiary/aromatic N) is 4. The second kappa shape index (κ2) is 21.0. The highest BCUT2D eigenvalue weighted by Crippen LogP contribution is 2.41. The van der Waals surface area contributed by atoms with Crippen LogP contribution in [0.1, 0.15) is 161 Å². The Morgan fingerprint density at radius 3 is 1.09 bits per heavy atom. The molecule has 4 aromatic carbocycles. The normalized spacial score (nSPS) is 23.7. The lowest BCUT2D eigenvalue weighted by Crippen LogP contribution is -2.47. The van der Waals surface area contributed by atoms with Crippen molar-refractivity contribution in [1.29, 1.82) is 0 Å². The highest BCUT2D eigenvalue weighted by atomic mass is 16.2. The first kappa shape index (κ1) is 48.9. The monoisotopic (exact) mass is 932 g/mol. The van der Waals surface area contributed by atoms with Crippen molar-refractivity contribution in [2.75, 3.05) is 26.2 Å². The fourth-order valence-electron chi connectivity index (χ4n) is 12.1. The van der Waals surface area contributed by atoms with Crippen LogP contribution in [0, 0.1) is 23.7 Å². The van der Waals surface area contributed by atoms with Crippen LogP contribution in [0.25, 0.3) is 0 Å². The Bertz CT molecular complexity index is 2420. The predicted molar refractivity (Wildman–Crippen MR) is 261 cm³/mol. The molecule has 6 aliphatic rings. The number of ketones is 2. The van der Waals surface area contributed by atoms with Gasteiger partial charge in [-0.1, -0.05) is 106 Å². The van der Waals surface area contributed by atoms with Crippen LogP contribution in [0.2, 0.25) is 0 Å². The van der Waals surface area contributed by atoms with Crippen molar-refractivity contribution in [2.24, 2.45) is 23.7 Å². The molecular weight excluding hydrogens is 869 g/mol. The minimum atomic E-state index is -0.279. The van der Waals surface area contributed by atoms with Crippen LogP contribution in [0.15, 0.2) is 97.1 Å². The number of benzene rings is 4. The van der Waals surface area contributed by atoms with Gasteiger partial charge in [-0.2, -0.15) is 0 Å². The second-order valence-corrected chi connectivity index (χ2v) is 19.4. The van der Waals surface area contributed by atoms with Crippen LogP contribution in [0.5, 0.6) is 0 Å². The minimum absolute atomic E-state index is 0. The molecule has 10 rings (SSSR count). The molecule has 0 N–H and O–H groups in total. The van der Waals surface area contributed by atoms with E-state index in [1.807, 2.05) is 46.2 Å². The summed E-state index contributed by atoms with van der Waals surface area (Å²) in [6.45, 7) is 4.86. The van der Waals surface area contributed by atoms with Gasteiger partial charge in [-0.25, -0.2) is 0 Å². The third-order valence-corrected chi connectivity index (χ3v) is 15.6. The molecule has 0 radical (unpaired) electrons. The Balaban J connectivity index is 0.000000183. The summed E-state index contributed by atoms with van der Waals surface area (Å²) in [5.74, 6) is -1.79. The van der Waals surface area contributed by atoms with Crippen molar-refractivity contribution in [3.05, 3.63) is 142 Å². The zero-order valence-electron chi connectivity index (χ0n) is 39.1. The molecule has 2 fully saturated rings. The lowest BCUT2D eigenvalue weighted by atomic mass is 9.76. The molecule has 12 heteroatoms. The highest BCUT2D eigenvalue weighted by molar-refractivity contribution is 6.22. The number of hydrogen-bond donors (Lipinski definition) is 0. The summed E-state index contributed by atoms with van der Waals surface area (Å²) in [4.78, 5) is 110. The van der Waals surface area contributed by atoms with E-state index < -0.39 is 0 Å². The maximum Gasteiger partial charge on any atom is 0.261 e. The molecule has 12 nitrogen and oxygen atoms in total. The third kappa shape index (κ3) is 9.47. The molecule has 6 amide bonds. The molecular formula is C57H64N4O8. The zero-order chi connectivity index (χ0) is 47.6. The lowest BCUT2D eigenvalue weighted by Gasteiger charge is -2.41.